The highest BCUT2D eigenvalue weighted by atomic mass is 14.6. The van der Waals surface area contributed by atoms with E-state index in [1.165, 1.54) is 0 Å². The lowest BCUT2D eigenvalue weighted by Crippen LogP contribution is -1.94. The Hall–Kier alpha value is -3.70. The number of benzene rings is 3. The summed E-state index contributed by atoms with van der Waals surface area (Å²) in [7, 11) is 0. The molecule has 26 heavy (non-hydrogen) atoms. The van der Waals surface area contributed by atoms with Crippen molar-refractivity contribution >= 4 is 0 Å². The molecule has 1 aromatic heterocycles. The van der Waals surface area contributed by atoms with Crippen LogP contribution in [0.25, 0.3) is 33.4 Å². The van der Waals surface area contributed by atoms with Crippen LogP contribution in [0, 0.1) is 11.3 Å². The van der Waals surface area contributed by atoms with Gasteiger partial charge in [0.15, 0.2) is 0 Å². The minimum Gasteiger partial charge on any atom is -0.264 e. The van der Waals surface area contributed by atoms with Crippen molar-refractivity contribution in [2.24, 2.45) is 0 Å². The zero-order chi connectivity index (χ0) is 17.8. The highest BCUT2D eigenvalue weighted by molar-refractivity contribution is 5.92. The van der Waals surface area contributed by atoms with Gasteiger partial charge in [0, 0.05) is 29.1 Å². The maximum atomic E-state index is 10.0. The largest absolute Gasteiger partial charge is 0.264 e. The molecule has 0 N–H and O–H groups in total. The third-order valence-electron chi connectivity index (χ3n) is 4.44. The molecule has 0 saturated carbocycles. The summed E-state index contributed by atoms with van der Waals surface area (Å²) in [6.45, 7) is 0. The average molecular weight is 332 g/mol. The van der Waals surface area contributed by atoms with E-state index in [0.29, 0.717) is 5.56 Å². The number of aromatic nitrogens is 1. The van der Waals surface area contributed by atoms with E-state index in [1.54, 1.807) is 12.4 Å². The van der Waals surface area contributed by atoms with Gasteiger partial charge in [0.25, 0.3) is 0 Å². The monoisotopic (exact) mass is 332 g/mol. The quantitative estimate of drug-likeness (QED) is 0.464. The van der Waals surface area contributed by atoms with Crippen LogP contribution in [0.15, 0.2) is 97.3 Å². The molecule has 4 rings (SSSR count). The lowest BCUT2D eigenvalue weighted by atomic mass is 9.86. The minimum absolute atomic E-state index is 0.672. The first-order valence-corrected chi connectivity index (χ1v) is 8.47. The Labute approximate surface area is 153 Å². The Kier molecular flexibility index (Phi) is 4.28. The van der Waals surface area contributed by atoms with Crippen LogP contribution in [0.5, 0.6) is 0 Å². The molecule has 3 aromatic carbocycles. The van der Waals surface area contributed by atoms with Crippen LogP contribution in [-0.4, -0.2) is 4.98 Å². The molecule has 1 heterocycles. The normalized spacial score (nSPS) is 10.3. The summed E-state index contributed by atoms with van der Waals surface area (Å²) in [6.07, 6.45) is 3.54. The molecule has 2 heteroatoms. The number of rotatable bonds is 3. The molecule has 0 amide bonds. The first-order valence-electron chi connectivity index (χ1n) is 8.47. The second-order valence-corrected chi connectivity index (χ2v) is 6.00. The second kappa shape index (κ2) is 7.04. The van der Waals surface area contributed by atoms with E-state index < -0.39 is 0 Å². The van der Waals surface area contributed by atoms with Crippen molar-refractivity contribution in [3.8, 4) is 39.4 Å². The molecular weight excluding hydrogens is 316 g/mol. The molecule has 0 unspecified atom stereocenters. The van der Waals surface area contributed by atoms with E-state index in [9.17, 15) is 5.26 Å². The van der Waals surface area contributed by atoms with Crippen molar-refractivity contribution in [1.82, 2.24) is 4.98 Å². The number of hydrogen-bond acceptors (Lipinski definition) is 2. The Morgan fingerprint density at radius 2 is 1.23 bits per heavy atom. The Balaban J connectivity index is 2.05. The molecule has 0 aliphatic carbocycles. The third-order valence-corrected chi connectivity index (χ3v) is 4.44. The van der Waals surface area contributed by atoms with Gasteiger partial charge in [-0.25, -0.2) is 0 Å². The van der Waals surface area contributed by atoms with Crippen LogP contribution in [0.4, 0.5) is 0 Å². The Morgan fingerprint density at radius 1 is 0.615 bits per heavy atom. The molecule has 0 aliphatic rings. The minimum atomic E-state index is 0.672. The molecular formula is C24H16N2. The first kappa shape index (κ1) is 15.8. The SMILES string of the molecule is N#Cc1c(-c2cccnc2)ccc(-c2ccccc2)c1-c1ccccc1. The average Bonchev–Trinajstić information content (AvgIpc) is 2.74. The van der Waals surface area contributed by atoms with Crippen LogP contribution in [0.2, 0.25) is 0 Å². The smallest absolute Gasteiger partial charge is 0.100 e. The van der Waals surface area contributed by atoms with Gasteiger partial charge in [-0.3, -0.25) is 4.98 Å². The fourth-order valence-corrected chi connectivity index (χ4v) is 3.24. The molecule has 2 nitrogen and oxygen atoms in total. The number of nitriles is 1. The number of pyridine rings is 1. The molecule has 4 aromatic rings. The zero-order valence-corrected chi connectivity index (χ0v) is 14.1. The summed E-state index contributed by atoms with van der Waals surface area (Å²) in [5.41, 5.74) is 6.67. The fraction of sp³-hybridized carbons (Fsp3) is 0. The van der Waals surface area contributed by atoms with E-state index in [0.717, 1.165) is 33.4 Å². The van der Waals surface area contributed by atoms with E-state index in [4.69, 9.17) is 0 Å². The summed E-state index contributed by atoms with van der Waals surface area (Å²) >= 11 is 0. The van der Waals surface area contributed by atoms with Gasteiger partial charge in [0.1, 0.15) is 6.07 Å². The van der Waals surface area contributed by atoms with Crippen LogP contribution in [0.1, 0.15) is 5.56 Å². The third kappa shape index (κ3) is 2.87. The maximum Gasteiger partial charge on any atom is 0.100 e. The second-order valence-electron chi connectivity index (χ2n) is 6.00. The Morgan fingerprint density at radius 3 is 1.85 bits per heavy atom. The highest BCUT2D eigenvalue weighted by Crippen LogP contribution is 2.39. The van der Waals surface area contributed by atoms with Crippen molar-refractivity contribution in [3.05, 3.63) is 103 Å². The summed E-state index contributed by atoms with van der Waals surface area (Å²) < 4.78 is 0. The molecule has 0 fully saturated rings. The van der Waals surface area contributed by atoms with Crippen molar-refractivity contribution in [2.45, 2.75) is 0 Å². The van der Waals surface area contributed by atoms with Gasteiger partial charge in [-0.2, -0.15) is 5.26 Å². The first-order chi connectivity index (χ1) is 12.9. The molecule has 0 spiro atoms. The van der Waals surface area contributed by atoms with Crippen molar-refractivity contribution in [3.63, 3.8) is 0 Å². The number of hydrogen-bond donors (Lipinski definition) is 0. The lowest BCUT2D eigenvalue weighted by molar-refractivity contribution is 1.33. The van der Waals surface area contributed by atoms with Gasteiger partial charge in [0.2, 0.25) is 0 Å². The van der Waals surface area contributed by atoms with Gasteiger partial charge < -0.3 is 0 Å². The van der Waals surface area contributed by atoms with Gasteiger partial charge in [-0.15, -0.1) is 0 Å². The van der Waals surface area contributed by atoms with Crippen molar-refractivity contribution in [1.29, 1.82) is 5.26 Å². The van der Waals surface area contributed by atoms with E-state index >= 15 is 0 Å². The predicted octanol–water partition coefficient (Wildman–Crippen LogP) is 5.95. The van der Waals surface area contributed by atoms with Gasteiger partial charge in [0.05, 0.1) is 5.56 Å². The van der Waals surface area contributed by atoms with Crippen LogP contribution in [0.3, 0.4) is 0 Å². The van der Waals surface area contributed by atoms with E-state index in [2.05, 4.69) is 41.4 Å². The standard InChI is InChI=1S/C24H16N2/c25-16-23-21(20-12-7-15-26-17-20)13-14-22(18-8-3-1-4-9-18)24(23)19-10-5-2-6-11-19/h1-15,17H. The van der Waals surface area contributed by atoms with Crippen LogP contribution < -0.4 is 0 Å². The van der Waals surface area contributed by atoms with Gasteiger partial charge >= 0.3 is 0 Å². The van der Waals surface area contributed by atoms with Crippen molar-refractivity contribution < 1.29 is 0 Å². The molecule has 0 aliphatic heterocycles. The van der Waals surface area contributed by atoms with E-state index in [1.807, 2.05) is 54.6 Å². The van der Waals surface area contributed by atoms with Crippen LogP contribution >= 0.6 is 0 Å². The lowest BCUT2D eigenvalue weighted by Gasteiger charge is -2.16. The topological polar surface area (TPSA) is 36.7 Å². The summed E-state index contributed by atoms with van der Waals surface area (Å²) in [6, 6.07) is 30.7. The van der Waals surface area contributed by atoms with E-state index in [-0.39, 0.29) is 0 Å². The summed E-state index contributed by atoms with van der Waals surface area (Å²) in [5.74, 6) is 0. The van der Waals surface area contributed by atoms with Gasteiger partial charge in [-0.05, 0) is 22.8 Å². The highest BCUT2D eigenvalue weighted by Gasteiger charge is 2.17. The predicted molar refractivity (Wildman–Crippen MR) is 105 cm³/mol. The summed E-state index contributed by atoms with van der Waals surface area (Å²) in [5, 5.41) is 10.0. The van der Waals surface area contributed by atoms with Crippen LogP contribution in [-0.2, 0) is 0 Å². The summed E-state index contributed by atoms with van der Waals surface area (Å²) in [4.78, 5) is 4.21. The fourth-order valence-electron chi connectivity index (χ4n) is 3.24. The molecule has 0 saturated heterocycles. The molecule has 0 atom stereocenters. The molecule has 0 bridgehead atoms. The maximum absolute atomic E-state index is 10.0. The Bertz CT molecular complexity index is 1060. The van der Waals surface area contributed by atoms with Crippen molar-refractivity contribution in [2.75, 3.05) is 0 Å². The molecule has 122 valence electrons. The molecule has 0 radical (unpaired) electrons. The number of nitrogens with zero attached hydrogens (tertiary/aromatic N) is 2. The zero-order valence-electron chi connectivity index (χ0n) is 14.1. The van der Waals surface area contributed by atoms with Gasteiger partial charge in [-0.1, -0.05) is 78.9 Å².